The molecule has 1 fully saturated rings. The molecule has 2 aromatic carbocycles. The van der Waals surface area contributed by atoms with E-state index in [0.717, 1.165) is 43.2 Å². The molecule has 3 aromatic rings. The van der Waals surface area contributed by atoms with Gasteiger partial charge in [-0.3, -0.25) is 9.69 Å². The molecule has 38 heavy (non-hydrogen) atoms. The molecule has 0 aliphatic heterocycles. The van der Waals surface area contributed by atoms with Crippen LogP contribution in [-0.4, -0.2) is 57.5 Å². The zero-order valence-electron chi connectivity index (χ0n) is 22.3. The van der Waals surface area contributed by atoms with Gasteiger partial charge in [-0.05, 0) is 50.3 Å². The van der Waals surface area contributed by atoms with Gasteiger partial charge < -0.3 is 19.6 Å². The van der Waals surface area contributed by atoms with Crippen molar-refractivity contribution in [2.45, 2.75) is 81.3 Å². The summed E-state index contributed by atoms with van der Waals surface area (Å²) in [5.41, 5.74) is 1.85. The highest BCUT2D eigenvalue weighted by Crippen LogP contribution is 2.44. The van der Waals surface area contributed by atoms with Gasteiger partial charge in [0.05, 0.1) is 24.7 Å². The number of carbonyl (C=O) groups excluding carboxylic acids is 2. The summed E-state index contributed by atoms with van der Waals surface area (Å²) in [6.45, 7) is 3.93. The summed E-state index contributed by atoms with van der Waals surface area (Å²) in [7, 11) is 1.34. The minimum absolute atomic E-state index is 0.288. The maximum absolute atomic E-state index is 13.3. The molecule has 2 N–H and O–H groups in total. The summed E-state index contributed by atoms with van der Waals surface area (Å²) < 4.78 is 11.1. The average Bonchev–Trinajstić information content (AvgIpc) is 3.34. The highest BCUT2D eigenvalue weighted by Gasteiger charge is 2.51. The molecule has 3 atom stereocenters. The SMILES string of the molecule is CCCCC([C@H](O)C(=O)N[C@H](C)c1ccccc1)N(C(=O)OC)C1(CSc2nc3ccccc3o2)CCC1. The van der Waals surface area contributed by atoms with Crippen molar-refractivity contribution in [1.29, 1.82) is 0 Å². The molecular weight excluding hydrogens is 502 g/mol. The Morgan fingerprint density at radius 2 is 1.89 bits per heavy atom. The zero-order chi connectivity index (χ0) is 27.1. The smallest absolute Gasteiger partial charge is 0.410 e. The molecule has 0 radical (unpaired) electrons. The lowest BCUT2D eigenvalue weighted by atomic mass is 9.75. The number of thioether (sulfide) groups is 1. The van der Waals surface area contributed by atoms with E-state index in [9.17, 15) is 14.7 Å². The Kier molecular flexibility index (Phi) is 9.33. The summed E-state index contributed by atoms with van der Waals surface area (Å²) in [6.07, 6.45) is 2.59. The average molecular weight is 540 g/mol. The largest absolute Gasteiger partial charge is 0.453 e. The van der Waals surface area contributed by atoms with Crippen LogP contribution in [0.15, 0.2) is 64.2 Å². The molecule has 1 unspecified atom stereocenters. The Balaban J connectivity index is 1.56. The predicted octanol–water partition coefficient (Wildman–Crippen LogP) is 5.71. The third kappa shape index (κ3) is 6.15. The van der Waals surface area contributed by atoms with Crippen molar-refractivity contribution in [3.05, 3.63) is 60.2 Å². The van der Waals surface area contributed by atoms with Crippen LogP contribution < -0.4 is 5.32 Å². The van der Waals surface area contributed by atoms with Crippen LogP contribution in [0.5, 0.6) is 0 Å². The van der Waals surface area contributed by atoms with Gasteiger partial charge in [0.2, 0.25) is 0 Å². The summed E-state index contributed by atoms with van der Waals surface area (Å²) >= 11 is 1.45. The van der Waals surface area contributed by atoms with Gasteiger partial charge in [-0.2, -0.15) is 0 Å². The Bertz CT molecular complexity index is 1180. The lowest BCUT2D eigenvalue weighted by molar-refractivity contribution is -0.136. The van der Waals surface area contributed by atoms with Crippen molar-refractivity contribution in [2.75, 3.05) is 12.9 Å². The number of amides is 2. The van der Waals surface area contributed by atoms with Crippen LogP contribution in [0.3, 0.4) is 0 Å². The van der Waals surface area contributed by atoms with Crippen molar-refractivity contribution >= 4 is 34.9 Å². The molecule has 0 bridgehead atoms. The topological polar surface area (TPSA) is 105 Å². The number of unbranched alkanes of at least 4 members (excludes halogenated alkanes) is 1. The van der Waals surface area contributed by atoms with E-state index in [-0.39, 0.29) is 6.04 Å². The monoisotopic (exact) mass is 539 g/mol. The summed E-state index contributed by atoms with van der Waals surface area (Å²) in [6, 6.07) is 16.2. The van der Waals surface area contributed by atoms with Crippen molar-refractivity contribution in [3.8, 4) is 0 Å². The van der Waals surface area contributed by atoms with Crippen LogP contribution in [0, 0.1) is 0 Å². The molecule has 1 aliphatic rings. The fraction of sp³-hybridized carbons (Fsp3) is 0.483. The fourth-order valence-electron chi connectivity index (χ4n) is 5.07. The zero-order valence-corrected chi connectivity index (χ0v) is 23.1. The van der Waals surface area contributed by atoms with E-state index in [2.05, 4.69) is 10.3 Å². The van der Waals surface area contributed by atoms with Gasteiger partial charge in [-0.1, -0.05) is 74.0 Å². The van der Waals surface area contributed by atoms with Crippen molar-refractivity contribution < 1.29 is 23.8 Å². The first-order valence-corrected chi connectivity index (χ1v) is 14.3. The molecule has 1 saturated carbocycles. The van der Waals surface area contributed by atoms with Crippen molar-refractivity contribution in [2.24, 2.45) is 0 Å². The van der Waals surface area contributed by atoms with Crippen LogP contribution in [0.25, 0.3) is 11.1 Å². The van der Waals surface area contributed by atoms with Gasteiger partial charge in [0.25, 0.3) is 11.1 Å². The molecule has 1 aliphatic carbocycles. The quantitative estimate of drug-likeness (QED) is 0.284. The summed E-state index contributed by atoms with van der Waals surface area (Å²) in [5, 5.41) is 14.8. The van der Waals surface area contributed by atoms with Gasteiger partial charge in [-0.25, -0.2) is 9.78 Å². The molecule has 4 rings (SSSR count). The van der Waals surface area contributed by atoms with Gasteiger partial charge in [0.15, 0.2) is 11.7 Å². The highest BCUT2D eigenvalue weighted by molar-refractivity contribution is 7.99. The Morgan fingerprint density at radius 3 is 2.53 bits per heavy atom. The first kappa shape index (κ1) is 28.0. The minimum Gasteiger partial charge on any atom is -0.453 e. The Labute approximate surface area is 228 Å². The third-order valence-electron chi connectivity index (χ3n) is 7.38. The van der Waals surface area contributed by atoms with Gasteiger partial charge in [-0.15, -0.1) is 0 Å². The van der Waals surface area contributed by atoms with E-state index in [1.165, 1.54) is 18.9 Å². The molecule has 1 aromatic heterocycles. The Hall–Kier alpha value is -3.04. The maximum Gasteiger partial charge on any atom is 0.410 e. The van der Waals surface area contributed by atoms with E-state index in [4.69, 9.17) is 9.15 Å². The number of para-hydroxylation sites is 2. The predicted molar refractivity (Wildman–Crippen MR) is 148 cm³/mol. The van der Waals surface area contributed by atoms with Crippen LogP contribution in [0.2, 0.25) is 0 Å². The molecule has 0 spiro atoms. The van der Waals surface area contributed by atoms with Crippen LogP contribution >= 0.6 is 11.8 Å². The second-order valence-corrected chi connectivity index (χ2v) is 10.9. The van der Waals surface area contributed by atoms with E-state index in [1.807, 2.05) is 68.4 Å². The number of hydrogen-bond acceptors (Lipinski definition) is 7. The molecule has 8 nitrogen and oxygen atoms in total. The maximum atomic E-state index is 13.3. The number of hydrogen-bond donors (Lipinski definition) is 2. The Morgan fingerprint density at radius 1 is 1.18 bits per heavy atom. The van der Waals surface area contributed by atoms with Gasteiger partial charge in [0, 0.05) is 5.75 Å². The minimum atomic E-state index is -1.40. The van der Waals surface area contributed by atoms with Crippen LogP contribution in [-0.2, 0) is 9.53 Å². The van der Waals surface area contributed by atoms with Gasteiger partial charge in [0.1, 0.15) is 5.52 Å². The number of oxazole rings is 1. The molecule has 1 heterocycles. The molecule has 204 valence electrons. The first-order valence-electron chi connectivity index (χ1n) is 13.3. The standard InChI is InChI=1S/C29H37N3O5S/c1-4-5-15-23(25(33)26(34)30-20(2)21-12-7-6-8-13-21)32(28(35)36-3)29(17-11-18-29)19-38-27-31-22-14-9-10-16-24(22)37-27/h6-10,12-14,16,20,23,25,33H,4-5,11,15,17-19H2,1-3H3,(H,30,34)/t20-,23?,25+/m1/s1. The van der Waals surface area contributed by atoms with Crippen LogP contribution in [0.4, 0.5) is 4.79 Å². The number of aromatic nitrogens is 1. The molecule has 9 heteroatoms. The lowest BCUT2D eigenvalue weighted by Gasteiger charge is -2.52. The normalized spacial score (nSPS) is 16.7. The van der Waals surface area contributed by atoms with Crippen molar-refractivity contribution in [1.82, 2.24) is 15.2 Å². The second kappa shape index (κ2) is 12.7. The fourth-order valence-corrected chi connectivity index (χ4v) is 6.20. The third-order valence-corrected chi connectivity index (χ3v) is 8.48. The highest BCUT2D eigenvalue weighted by atomic mass is 32.2. The molecule has 2 amide bonds. The number of aliphatic hydroxyl groups is 1. The number of carbonyl (C=O) groups is 2. The second-order valence-electron chi connectivity index (χ2n) is 9.95. The van der Waals surface area contributed by atoms with E-state index in [0.29, 0.717) is 23.0 Å². The van der Waals surface area contributed by atoms with E-state index < -0.39 is 29.7 Å². The molecule has 0 saturated heterocycles. The number of ether oxygens (including phenoxy) is 1. The lowest BCUT2D eigenvalue weighted by Crippen LogP contribution is -2.65. The number of nitrogens with zero attached hydrogens (tertiary/aromatic N) is 2. The van der Waals surface area contributed by atoms with Crippen molar-refractivity contribution in [3.63, 3.8) is 0 Å². The number of methoxy groups -OCH3 is 1. The summed E-state index contributed by atoms with van der Waals surface area (Å²) in [5.74, 6) is 0.0178. The first-order chi connectivity index (χ1) is 18.4. The number of rotatable bonds is 12. The van der Waals surface area contributed by atoms with E-state index >= 15 is 0 Å². The number of nitrogens with one attached hydrogen (secondary N) is 1. The van der Waals surface area contributed by atoms with Gasteiger partial charge >= 0.3 is 6.09 Å². The molecular formula is C29H37N3O5S. The number of aliphatic hydroxyl groups excluding tert-OH is 1. The van der Waals surface area contributed by atoms with E-state index in [1.54, 1.807) is 4.90 Å². The summed E-state index contributed by atoms with van der Waals surface area (Å²) in [4.78, 5) is 32.8. The number of fused-ring (bicyclic) bond motifs is 1. The number of benzene rings is 2. The van der Waals surface area contributed by atoms with Crippen LogP contribution in [0.1, 0.15) is 64.0 Å².